The monoisotopic (exact) mass is 449 g/mol. The molecule has 4 rings (SSSR count). The number of para-hydroxylation sites is 1. The molecular weight excluding hydrogens is 418 g/mol. The second kappa shape index (κ2) is 11.0. The summed E-state index contributed by atoms with van der Waals surface area (Å²) in [6, 6.07) is 16.6. The van der Waals surface area contributed by atoms with Gasteiger partial charge in [0, 0.05) is 42.6 Å². The SMILES string of the molecule is O=C(CN1CCCCC1CNC(=O)Nc1ccccc1)Nc1cccc(N2CCCC2=O)c1. The van der Waals surface area contributed by atoms with Gasteiger partial charge in [0.2, 0.25) is 11.8 Å². The van der Waals surface area contributed by atoms with Gasteiger partial charge in [-0.1, -0.05) is 30.7 Å². The smallest absolute Gasteiger partial charge is 0.319 e. The van der Waals surface area contributed by atoms with Gasteiger partial charge in [-0.15, -0.1) is 0 Å². The van der Waals surface area contributed by atoms with Crippen molar-refractivity contribution in [3.8, 4) is 0 Å². The lowest BCUT2D eigenvalue weighted by Crippen LogP contribution is -2.49. The number of carbonyl (C=O) groups is 3. The van der Waals surface area contributed by atoms with E-state index in [1.807, 2.05) is 54.6 Å². The fraction of sp³-hybridized carbons (Fsp3) is 0.400. The Labute approximate surface area is 194 Å². The lowest BCUT2D eigenvalue weighted by atomic mass is 10.0. The Balaban J connectivity index is 1.29. The molecule has 2 aromatic carbocycles. The van der Waals surface area contributed by atoms with E-state index in [0.29, 0.717) is 18.7 Å². The number of amides is 4. The Morgan fingerprint density at radius 2 is 1.73 bits per heavy atom. The van der Waals surface area contributed by atoms with Crippen LogP contribution in [0.4, 0.5) is 21.9 Å². The fourth-order valence-corrected chi connectivity index (χ4v) is 4.46. The number of hydrogen-bond donors (Lipinski definition) is 3. The van der Waals surface area contributed by atoms with Crippen LogP contribution in [0.25, 0.3) is 0 Å². The summed E-state index contributed by atoms with van der Waals surface area (Å²) < 4.78 is 0. The lowest BCUT2D eigenvalue weighted by molar-refractivity contribution is -0.118. The van der Waals surface area contributed by atoms with Crippen molar-refractivity contribution in [3.05, 3.63) is 54.6 Å². The number of piperidine rings is 1. The largest absolute Gasteiger partial charge is 0.336 e. The Morgan fingerprint density at radius 1 is 0.909 bits per heavy atom. The van der Waals surface area contributed by atoms with Gasteiger partial charge in [0.1, 0.15) is 0 Å². The summed E-state index contributed by atoms with van der Waals surface area (Å²) in [4.78, 5) is 40.9. The summed E-state index contributed by atoms with van der Waals surface area (Å²) in [6.07, 6.45) is 4.49. The molecule has 1 unspecified atom stereocenters. The van der Waals surface area contributed by atoms with Gasteiger partial charge in [-0.3, -0.25) is 14.5 Å². The molecule has 0 aromatic heterocycles. The first-order valence-corrected chi connectivity index (χ1v) is 11.6. The van der Waals surface area contributed by atoms with Crippen LogP contribution in [0, 0.1) is 0 Å². The van der Waals surface area contributed by atoms with Crippen LogP contribution in [0.5, 0.6) is 0 Å². The number of benzene rings is 2. The second-order valence-electron chi connectivity index (χ2n) is 8.57. The van der Waals surface area contributed by atoms with E-state index >= 15 is 0 Å². The van der Waals surface area contributed by atoms with Crippen LogP contribution in [-0.4, -0.2) is 55.0 Å². The molecule has 8 heteroatoms. The topological polar surface area (TPSA) is 93.8 Å². The van der Waals surface area contributed by atoms with Crippen molar-refractivity contribution in [2.24, 2.45) is 0 Å². The molecule has 0 radical (unpaired) electrons. The Bertz CT molecular complexity index is 981. The highest BCUT2D eigenvalue weighted by Crippen LogP contribution is 2.24. The van der Waals surface area contributed by atoms with Gasteiger partial charge in [-0.05, 0) is 56.1 Å². The number of hydrogen-bond acceptors (Lipinski definition) is 4. The maximum absolute atomic E-state index is 12.8. The number of nitrogens with zero attached hydrogens (tertiary/aromatic N) is 2. The Kier molecular flexibility index (Phi) is 7.57. The quantitative estimate of drug-likeness (QED) is 0.604. The summed E-state index contributed by atoms with van der Waals surface area (Å²) in [7, 11) is 0. The van der Waals surface area contributed by atoms with Gasteiger partial charge in [0.15, 0.2) is 0 Å². The van der Waals surface area contributed by atoms with E-state index in [1.165, 1.54) is 0 Å². The number of urea groups is 1. The van der Waals surface area contributed by atoms with E-state index in [0.717, 1.165) is 50.1 Å². The maximum Gasteiger partial charge on any atom is 0.319 e. The van der Waals surface area contributed by atoms with Crippen molar-refractivity contribution < 1.29 is 14.4 Å². The van der Waals surface area contributed by atoms with Gasteiger partial charge in [-0.2, -0.15) is 0 Å². The molecule has 2 aliphatic heterocycles. The molecule has 2 heterocycles. The molecule has 4 amide bonds. The zero-order valence-electron chi connectivity index (χ0n) is 18.8. The average Bonchev–Trinajstić information content (AvgIpc) is 3.25. The molecule has 2 fully saturated rings. The zero-order chi connectivity index (χ0) is 23.0. The normalized spacial score (nSPS) is 18.7. The molecule has 2 aromatic rings. The molecule has 2 saturated heterocycles. The van der Waals surface area contributed by atoms with Crippen LogP contribution < -0.4 is 20.9 Å². The van der Waals surface area contributed by atoms with Gasteiger partial charge in [0.05, 0.1) is 6.54 Å². The third-order valence-electron chi connectivity index (χ3n) is 6.14. The number of likely N-dealkylation sites (tertiary alicyclic amines) is 1. The minimum absolute atomic E-state index is 0.0967. The van der Waals surface area contributed by atoms with Gasteiger partial charge in [-0.25, -0.2) is 4.79 Å². The van der Waals surface area contributed by atoms with E-state index in [9.17, 15) is 14.4 Å². The number of carbonyl (C=O) groups excluding carboxylic acids is 3. The van der Waals surface area contributed by atoms with Crippen LogP contribution in [0.3, 0.4) is 0 Å². The summed E-state index contributed by atoms with van der Waals surface area (Å²) in [5.41, 5.74) is 2.25. The highest BCUT2D eigenvalue weighted by molar-refractivity contribution is 5.97. The third-order valence-corrected chi connectivity index (χ3v) is 6.14. The molecule has 174 valence electrons. The minimum atomic E-state index is -0.246. The van der Waals surface area contributed by atoms with Gasteiger partial charge in [0.25, 0.3) is 0 Å². The standard InChI is InChI=1S/C25H31N5O3/c31-23(27-20-10-6-12-21(16-20)30-15-7-13-24(30)32)18-29-14-5-4-11-22(29)17-26-25(33)28-19-8-2-1-3-9-19/h1-3,6,8-10,12,16,22H,4-5,7,11,13-15,17-18H2,(H,27,31)(H2,26,28,33). The van der Waals surface area contributed by atoms with Crippen LogP contribution in [-0.2, 0) is 9.59 Å². The first kappa shape index (κ1) is 22.8. The van der Waals surface area contributed by atoms with E-state index < -0.39 is 0 Å². The summed E-state index contributed by atoms with van der Waals surface area (Å²) >= 11 is 0. The van der Waals surface area contributed by atoms with Crippen molar-refractivity contribution in [2.75, 3.05) is 41.7 Å². The molecule has 0 bridgehead atoms. The van der Waals surface area contributed by atoms with E-state index in [1.54, 1.807) is 4.90 Å². The van der Waals surface area contributed by atoms with E-state index in [-0.39, 0.29) is 30.4 Å². The average molecular weight is 450 g/mol. The van der Waals surface area contributed by atoms with Gasteiger partial charge >= 0.3 is 6.03 Å². The summed E-state index contributed by atoms with van der Waals surface area (Å²) in [5.74, 6) is 0.0268. The van der Waals surface area contributed by atoms with Crippen LogP contribution in [0.2, 0.25) is 0 Å². The summed E-state index contributed by atoms with van der Waals surface area (Å²) in [5, 5.41) is 8.73. The van der Waals surface area contributed by atoms with Crippen molar-refractivity contribution in [2.45, 2.75) is 38.1 Å². The first-order valence-electron chi connectivity index (χ1n) is 11.6. The van der Waals surface area contributed by atoms with Crippen molar-refractivity contribution in [1.82, 2.24) is 10.2 Å². The second-order valence-corrected chi connectivity index (χ2v) is 8.57. The highest BCUT2D eigenvalue weighted by Gasteiger charge is 2.25. The fourth-order valence-electron chi connectivity index (χ4n) is 4.46. The molecule has 8 nitrogen and oxygen atoms in total. The Morgan fingerprint density at radius 3 is 2.52 bits per heavy atom. The molecule has 3 N–H and O–H groups in total. The van der Waals surface area contributed by atoms with Crippen molar-refractivity contribution in [1.29, 1.82) is 0 Å². The predicted molar refractivity (Wildman–Crippen MR) is 129 cm³/mol. The highest BCUT2D eigenvalue weighted by atomic mass is 16.2. The van der Waals surface area contributed by atoms with E-state index in [2.05, 4.69) is 20.9 Å². The van der Waals surface area contributed by atoms with Crippen molar-refractivity contribution in [3.63, 3.8) is 0 Å². The maximum atomic E-state index is 12.8. The third kappa shape index (κ3) is 6.32. The molecule has 0 aliphatic carbocycles. The first-order chi connectivity index (χ1) is 16.1. The number of rotatable bonds is 7. The molecule has 1 atom stereocenters. The van der Waals surface area contributed by atoms with E-state index in [4.69, 9.17) is 0 Å². The molecular formula is C25H31N5O3. The van der Waals surface area contributed by atoms with Crippen molar-refractivity contribution >= 4 is 34.9 Å². The van der Waals surface area contributed by atoms with Crippen LogP contribution in [0.15, 0.2) is 54.6 Å². The Hall–Kier alpha value is -3.39. The molecule has 0 spiro atoms. The minimum Gasteiger partial charge on any atom is -0.336 e. The van der Waals surface area contributed by atoms with Crippen LogP contribution >= 0.6 is 0 Å². The van der Waals surface area contributed by atoms with Gasteiger partial charge < -0.3 is 20.9 Å². The summed E-state index contributed by atoms with van der Waals surface area (Å²) in [6.45, 7) is 2.29. The molecule has 2 aliphatic rings. The molecule has 33 heavy (non-hydrogen) atoms. The lowest BCUT2D eigenvalue weighted by Gasteiger charge is -2.35. The number of nitrogens with one attached hydrogen (secondary N) is 3. The zero-order valence-corrected chi connectivity index (χ0v) is 18.8. The number of anilines is 3. The predicted octanol–water partition coefficient (Wildman–Crippen LogP) is 3.43. The molecule has 0 saturated carbocycles. The van der Waals surface area contributed by atoms with Crippen LogP contribution in [0.1, 0.15) is 32.1 Å².